The van der Waals surface area contributed by atoms with Gasteiger partial charge in [-0.05, 0) is 105 Å². The Hall–Kier alpha value is -11.1. The molecule has 107 heavy (non-hydrogen) atoms. The summed E-state index contributed by atoms with van der Waals surface area (Å²) in [4.78, 5) is 187. The molecule has 3 aromatic carbocycles. The largest absolute Gasteiger partial charge is 0.508 e. The van der Waals surface area contributed by atoms with Crippen molar-refractivity contribution >= 4 is 88.8 Å². The molecule has 0 spiro atoms. The van der Waals surface area contributed by atoms with Crippen molar-refractivity contribution in [2.75, 3.05) is 32.8 Å². The highest BCUT2D eigenvalue weighted by atomic mass is 16.4. The highest BCUT2D eigenvalue weighted by molar-refractivity contribution is 6.00. The lowest BCUT2D eigenvalue weighted by atomic mass is 9.95. The molecule has 0 aliphatic heterocycles. The zero-order valence-electron chi connectivity index (χ0n) is 60.8. The number of amides is 11. The number of guanidine groups is 2. The first-order chi connectivity index (χ1) is 50.7. The van der Waals surface area contributed by atoms with Crippen molar-refractivity contribution in [1.29, 1.82) is 0 Å². The van der Waals surface area contributed by atoms with Gasteiger partial charge in [0.1, 0.15) is 72.2 Å². The van der Waals surface area contributed by atoms with Gasteiger partial charge >= 0.3 is 11.9 Å². The van der Waals surface area contributed by atoms with Crippen LogP contribution in [0.2, 0.25) is 0 Å². The smallest absolute Gasteiger partial charge is 0.328 e. The van der Waals surface area contributed by atoms with E-state index >= 15 is 0 Å². The molecule has 13 atom stereocenters. The van der Waals surface area contributed by atoms with Gasteiger partial charge in [-0.1, -0.05) is 107 Å². The first-order valence-corrected chi connectivity index (χ1v) is 35.1. The summed E-state index contributed by atoms with van der Waals surface area (Å²) < 4.78 is 0. The van der Waals surface area contributed by atoms with E-state index in [1.54, 1.807) is 88.4 Å². The quantitative estimate of drug-likeness (QED) is 0.0143. The Morgan fingerprint density at radius 2 is 0.785 bits per heavy atom. The molecule has 0 aromatic heterocycles. The lowest BCUT2D eigenvalue weighted by Crippen LogP contribution is -2.61. The molecule has 590 valence electrons. The fourth-order valence-corrected chi connectivity index (χ4v) is 10.7. The highest BCUT2D eigenvalue weighted by Gasteiger charge is 2.38. The number of hydrogen-bond donors (Lipinski definition) is 22. The van der Waals surface area contributed by atoms with Gasteiger partial charge in [-0.3, -0.25) is 67.5 Å². The van der Waals surface area contributed by atoms with Crippen LogP contribution in [0.4, 0.5) is 0 Å². The predicted octanol–water partition coefficient (Wildman–Crippen LogP) is -5.03. The molecule has 0 heterocycles. The topological polar surface area (TPSA) is 636 Å². The second-order valence-electron chi connectivity index (χ2n) is 26.1. The third kappa shape index (κ3) is 33.7. The molecule has 0 aliphatic rings. The monoisotopic (exact) mass is 1500 g/mol. The molecule has 28 N–H and O–H groups in total. The lowest BCUT2D eigenvalue weighted by Gasteiger charge is -2.30. The second kappa shape index (κ2) is 47.4. The van der Waals surface area contributed by atoms with Gasteiger partial charge in [0.25, 0.3) is 0 Å². The van der Waals surface area contributed by atoms with Crippen molar-refractivity contribution in [3.8, 4) is 5.75 Å². The Bertz CT molecular complexity index is 3470. The number of carbonyl (C=O) groups is 13. The number of aliphatic carboxylic acids is 2. The molecular formula is C70H107N19O18. The summed E-state index contributed by atoms with van der Waals surface area (Å²) in [5.41, 5.74) is 35.5. The Kier molecular flexibility index (Phi) is 40.0. The number of aliphatic imine (C=N–C) groups is 2. The van der Waals surface area contributed by atoms with Crippen LogP contribution in [0.15, 0.2) is 94.9 Å². The Balaban J connectivity index is 1.95. The van der Waals surface area contributed by atoms with Crippen molar-refractivity contribution in [3.63, 3.8) is 0 Å². The number of aliphatic hydroxyl groups is 2. The van der Waals surface area contributed by atoms with Gasteiger partial charge in [-0.25, -0.2) is 4.79 Å². The standard InChI is InChI=1S/C70H107N19O18/c1-6-39(4)56(67(105)86-52(33-42-19-11-8-12-20-42)64(102)88-54(37-91)68(106)107)89-65(103)49(31-38(2)3)84-61(99)48(23-16-30-78-70(75)76)81-60(98)47(22-15-29-77-69(73)74)80-59(97)46(21-13-14-28-71)82-66(104)53(36-90)87-57(95)40(5)79-62(100)50(34-43-24-26-44(92)27-25-43)85-63(101)51(32-41-17-9-7-10-18-41)83-58(96)45(72)35-55(93)94/h7-12,17-20,24-27,38-40,45-54,56,90-92H,6,13-16,21-23,28-37,71-72H2,1-5H3,(H,79,100)(H,80,97)(H,81,98)(H,82,104)(H,83,96)(H,84,99)(H,85,101)(H,86,105)(H,87,95)(H,88,102)(H,89,103)(H,93,94)(H,106,107)(H4,73,74,77)(H4,75,76,78)/t39-,40-,45-,46-,47-,48-,49-,50-,51-,52-,53-,54-,56-/m0/s1. The number of carboxylic acids is 2. The minimum Gasteiger partial charge on any atom is -0.508 e. The van der Waals surface area contributed by atoms with Crippen molar-refractivity contribution in [2.45, 2.75) is 191 Å². The van der Waals surface area contributed by atoms with E-state index in [9.17, 15) is 87.9 Å². The number of nitrogens with two attached hydrogens (primary N) is 6. The Morgan fingerprint density at radius 3 is 1.20 bits per heavy atom. The summed E-state index contributed by atoms with van der Waals surface area (Å²) in [6.45, 7) is 6.11. The van der Waals surface area contributed by atoms with Crippen LogP contribution < -0.4 is 92.9 Å². The fourth-order valence-electron chi connectivity index (χ4n) is 10.7. The minimum atomic E-state index is -1.81. The summed E-state index contributed by atoms with van der Waals surface area (Å²) in [5.74, 6) is -15.1. The van der Waals surface area contributed by atoms with Crippen LogP contribution in [0.5, 0.6) is 5.75 Å². The SMILES string of the molecule is CC[C@H](C)[C@H](NC(=O)[C@H](CC(C)C)NC(=O)[C@H](CCCN=C(N)N)NC(=O)[C@H](CCCN=C(N)N)NC(=O)[C@H](CCCCN)NC(=O)[C@H](CO)NC(=O)[C@H](C)NC(=O)[C@H](Cc1ccc(O)cc1)NC(=O)[C@H](Cc1ccccc1)NC(=O)[C@@H](N)CC(=O)O)C(=O)N[C@@H](Cc1ccccc1)C(=O)N[C@@H](CO)C(=O)O. The van der Waals surface area contributed by atoms with E-state index in [-0.39, 0.29) is 107 Å². The van der Waals surface area contributed by atoms with Crippen molar-refractivity contribution in [1.82, 2.24) is 58.5 Å². The van der Waals surface area contributed by atoms with Crippen molar-refractivity contribution in [2.24, 2.45) is 56.2 Å². The van der Waals surface area contributed by atoms with Crippen LogP contribution in [0.1, 0.15) is 116 Å². The van der Waals surface area contributed by atoms with Crippen molar-refractivity contribution < 1.29 is 87.9 Å². The number of carbonyl (C=O) groups excluding carboxylic acids is 11. The molecule has 37 nitrogen and oxygen atoms in total. The number of carboxylic acid groups (broad SMARTS) is 2. The molecule has 3 rings (SSSR count). The molecular weight excluding hydrogens is 1390 g/mol. The Labute approximate surface area is 619 Å². The van der Waals surface area contributed by atoms with E-state index in [1.165, 1.54) is 31.2 Å². The van der Waals surface area contributed by atoms with E-state index in [0.29, 0.717) is 29.5 Å². The third-order valence-corrected chi connectivity index (χ3v) is 16.8. The average molecular weight is 1500 g/mol. The first-order valence-electron chi connectivity index (χ1n) is 35.1. The molecule has 0 radical (unpaired) electrons. The number of aliphatic hydroxyl groups excluding tert-OH is 2. The van der Waals surface area contributed by atoms with E-state index < -0.39 is 175 Å². The van der Waals surface area contributed by atoms with Gasteiger partial charge < -0.3 is 118 Å². The van der Waals surface area contributed by atoms with Crippen LogP contribution >= 0.6 is 0 Å². The van der Waals surface area contributed by atoms with Crippen LogP contribution in [-0.2, 0) is 81.6 Å². The third-order valence-electron chi connectivity index (χ3n) is 16.8. The molecule has 11 amide bonds. The summed E-state index contributed by atoms with van der Waals surface area (Å²) >= 11 is 0. The number of unbranched alkanes of at least 4 members (excludes halogenated alkanes) is 1. The van der Waals surface area contributed by atoms with E-state index in [1.807, 2.05) is 0 Å². The van der Waals surface area contributed by atoms with Gasteiger partial charge in [0.2, 0.25) is 65.0 Å². The minimum absolute atomic E-state index is 0.0295. The van der Waals surface area contributed by atoms with E-state index in [0.717, 1.165) is 0 Å². The number of nitrogens with zero attached hydrogens (tertiary/aromatic N) is 2. The van der Waals surface area contributed by atoms with Gasteiger partial charge in [0.05, 0.1) is 25.7 Å². The number of phenolic OH excluding ortho intramolecular Hbond substituents is 1. The molecule has 0 fully saturated rings. The predicted molar refractivity (Wildman–Crippen MR) is 393 cm³/mol. The summed E-state index contributed by atoms with van der Waals surface area (Å²) in [5, 5.41) is 77.0. The number of nitrogens with one attached hydrogen (secondary N) is 11. The molecule has 0 aliphatic carbocycles. The van der Waals surface area contributed by atoms with Crippen LogP contribution in [0, 0.1) is 11.8 Å². The average Bonchev–Trinajstić information content (AvgIpc) is 0.854. The molecule has 37 heteroatoms. The maximum absolute atomic E-state index is 14.7. The normalized spacial score (nSPS) is 14.7. The molecule has 3 aromatic rings. The first kappa shape index (κ1) is 90.2. The molecule has 0 saturated heterocycles. The molecule has 0 unspecified atom stereocenters. The van der Waals surface area contributed by atoms with Gasteiger partial charge in [-0.15, -0.1) is 0 Å². The van der Waals surface area contributed by atoms with Gasteiger partial charge in [0.15, 0.2) is 11.9 Å². The summed E-state index contributed by atoms with van der Waals surface area (Å²) in [7, 11) is 0. The number of benzene rings is 3. The van der Waals surface area contributed by atoms with Crippen molar-refractivity contribution in [3.05, 3.63) is 102 Å². The fraction of sp³-hybridized carbons (Fsp3) is 0.529. The van der Waals surface area contributed by atoms with Crippen LogP contribution in [-0.4, -0.2) is 220 Å². The lowest BCUT2D eigenvalue weighted by molar-refractivity contribution is -0.143. The van der Waals surface area contributed by atoms with Crippen LogP contribution in [0.25, 0.3) is 0 Å². The maximum atomic E-state index is 14.7. The number of aromatic hydroxyl groups is 1. The Morgan fingerprint density at radius 1 is 0.421 bits per heavy atom. The highest BCUT2D eigenvalue weighted by Crippen LogP contribution is 2.17. The number of rotatable bonds is 49. The van der Waals surface area contributed by atoms with E-state index in [2.05, 4.69) is 68.5 Å². The molecule has 0 bridgehead atoms. The van der Waals surface area contributed by atoms with Crippen LogP contribution in [0.3, 0.4) is 0 Å². The number of phenols is 1. The van der Waals surface area contributed by atoms with Gasteiger partial charge in [-0.2, -0.15) is 0 Å². The van der Waals surface area contributed by atoms with E-state index in [4.69, 9.17) is 34.4 Å². The van der Waals surface area contributed by atoms with Gasteiger partial charge in [0, 0.05) is 32.4 Å². The number of hydrogen-bond acceptors (Lipinski definition) is 20. The summed E-state index contributed by atoms with van der Waals surface area (Å²) in [6, 6.07) is 4.06. The maximum Gasteiger partial charge on any atom is 0.328 e. The zero-order chi connectivity index (χ0) is 79.9. The second-order valence-corrected chi connectivity index (χ2v) is 26.1. The zero-order valence-corrected chi connectivity index (χ0v) is 60.8. The molecule has 0 saturated carbocycles. The summed E-state index contributed by atoms with van der Waals surface area (Å²) in [6.07, 6.45) is -0.952.